The van der Waals surface area contributed by atoms with Gasteiger partial charge in [0.05, 0.1) is 23.1 Å². The number of aryl methyl sites for hydroxylation is 2. The summed E-state index contributed by atoms with van der Waals surface area (Å²) in [5.74, 6) is -0.532. The number of benzene rings is 2. The van der Waals surface area contributed by atoms with Crippen LogP contribution < -0.4 is 32.1 Å². The zero-order chi connectivity index (χ0) is 28.7. The molecule has 0 fully saturated rings. The smallest absolute Gasteiger partial charge is 0.386 e. The van der Waals surface area contributed by atoms with Crippen LogP contribution in [-0.2, 0) is 19.8 Å². The summed E-state index contributed by atoms with van der Waals surface area (Å²) in [6, 6.07) is 8.85. The molecular formula is C27H35F3N8O. The molecule has 3 aromatic rings. The van der Waals surface area contributed by atoms with Crippen molar-refractivity contribution in [3.63, 3.8) is 0 Å². The second-order valence-electron chi connectivity index (χ2n) is 8.94. The maximum Gasteiger partial charge on any atom is 0.416 e. The van der Waals surface area contributed by atoms with E-state index in [4.69, 9.17) is 5.73 Å². The highest BCUT2D eigenvalue weighted by molar-refractivity contribution is 6.05. The molecule has 0 aliphatic rings. The van der Waals surface area contributed by atoms with Crippen molar-refractivity contribution in [2.75, 3.05) is 37.5 Å². The number of alkyl halides is 3. The molecule has 0 saturated carbocycles. The molecule has 3 rings (SSSR count). The Hall–Kier alpha value is -3.87. The summed E-state index contributed by atoms with van der Waals surface area (Å²) in [4.78, 5) is 13.1. The molecule has 0 atom stereocenters. The van der Waals surface area contributed by atoms with E-state index in [1.54, 1.807) is 48.2 Å². The molecule has 39 heavy (non-hydrogen) atoms. The highest BCUT2D eigenvalue weighted by Gasteiger charge is 2.33. The first kappa shape index (κ1) is 29.7. The molecule has 12 heteroatoms. The number of nitrogens with zero attached hydrogens (tertiary/aromatic N) is 3. The van der Waals surface area contributed by atoms with Crippen LogP contribution in [0.15, 0.2) is 48.8 Å². The standard InChI is InChI=1S/C27H35F3N8O/c1-17-6-7-19(12-25(17)38(33-4)16-24(32-3)22-15-35-37(5)18(22)2)26(39)36-21-9-8-20(14-34-11-10-31)23(13-21)27(28,29)30/h6-9,12-13,15-16,32-34H,10-11,14,31H2,1-5H3,(H,36,39)/b24-16-. The lowest BCUT2D eigenvalue weighted by Gasteiger charge is -2.23. The van der Waals surface area contributed by atoms with Crippen molar-refractivity contribution in [3.8, 4) is 0 Å². The Morgan fingerprint density at radius 1 is 1.15 bits per heavy atom. The van der Waals surface area contributed by atoms with E-state index in [1.807, 2.05) is 27.1 Å². The molecule has 1 aromatic heterocycles. The third-order valence-corrected chi connectivity index (χ3v) is 6.33. The molecule has 0 saturated heterocycles. The fraction of sp³-hybridized carbons (Fsp3) is 0.333. The van der Waals surface area contributed by atoms with Crippen molar-refractivity contribution in [1.29, 1.82) is 0 Å². The summed E-state index contributed by atoms with van der Waals surface area (Å²) in [7, 11) is 5.41. The van der Waals surface area contributed by atoms with Crippen molar-refractivity contribution >= 4 is 23.0 Å². The summed E-state index contributed by atoms with van der Waals surface area (Å²) in [6.07, 6.45) is -0.965. The minimum Gasteiger partial charge on any atom is -0.386 e. The molecule has 0 unspecified atom stereocenters. The molecule has 1 heterocycles. The third kappa shape index (κ3) is 7.16. The topological polar surface area (TPSA) is 112 Å². The first-order valence-corrected chi connectivity index (χ1v) is 12.4. The summed E-state index contributed by atoms with van der Waals surface area (Å²) < 4.78 is 42.9. The highest BCUT2D eigenvalue weighted by Crippen LogP contribution is 2.34. The molecule has 0 aliphatic carbocycles. The summed E-state index contributed by atoms with van der Waals surface area (Å²) >= 11 is 0. The number of hydrogen-bond acceptors (Lipinski definition) is 7. The van der Waals surface area contributed by atoms with Gasteiger partial charge < -0.3 is 21.7 Å². The van der Waals surface area contributed by atoms with Gasteiger partial charge in [-0.05, 0) is 49.2 Å². The number of aromatic nitrogens is 2. The molecule has 0 spiro atoms. The van der Waals surface area contributed by atoms with E-state index in [0.29, 0.717) is 18.8 Å². The molecule has 1 amide bonds. The Morgan fingerprint density at radius 2 is 1.90 bits per heavy atom. The van der Waals surface area contributed by atoms with Gasteiger partial charge in [0.1, 0.15) is 0 Å². The number of anilines is 2. The van der Waals surface area contributed by atoms with Crippen molar-refractivity contribution in [3.05, 3.63) is 82.3 Å². The van der Waals surface area contributed by atoms with Gasteiger partial charge in [0.25, 0.3) is 5.91 Å². The van der Waals surface area contributed by atoms with Gasteiger partial charge in [0, 0.05) is 69.5 Å². The molecule has 0 aliphatic heterocycles. The van der Waals surface area contributed by atoms with Crippen LogP contribution in [0, 0.1) is 13.8 Å². The Balaban J connectivity index is 1.89. The second kappa shape index (κ2) is 12.8. The van der Waals surface area contributed by atoms with E-state index in [9.17, 15) is 18.0 Å². The normalized spacial score (nSPS) is 12.0. The van der Waals surface area contributed by atoms with Gasteiger partial charge in [-0.1, -0.05) is 12.1 Å². The van der Waals surface area contributed by atoms with Crippen LogP contribution in [0.25, 0.3) is 5.70 Å². The zero-order valence-electron chi connectivity index (χ0n) is 22.7. The zero-order valence-corrected chi connectivity index (χ0v) is 22.7. The van der Waals surface area contributed by atoms with E-state index in [2.05, 4.69) is 26.5 Å². The van der Waals surface area contributed by atoms with Gasteiger partial charge in [-0.25, -0.2) is 5.43 Å². The predicted molar refractivity (Wildman–Crippen MR) is 148 cm³/mol. The van der Waals surface area contributed by atoms with Crippen LogP contribution in [0.5, 0.6) is 0 Å². The fourth-order valence-electron chi connectivity index (χ4n) is 4.03. The molecular weight excluding hydrogens is 509 g/mol. The summed E-state index contributed by atoms with van der Waals surface area (Å²) in [6.45, 7) is 4.58. The predicted octanol–water partition coefficient (Wildman–Crippen LogP) is 3.52. The Kier molecular flexibility index (Phi) is 9.73. The number of hydrazine groups is 1. The molecule has 210 valence electrons. The molecule has 0 radical (unpaired) electrons. The Bertz CT molecular complexity index is 1330. The van der Waals surface area contributed by atoms with Crippen LogP contribution >= 0.6 is 0 Å². The van der Waals surface area contributed by atoms with Gasteiger partial charge in [0.15, 0.2) is 0 Å². The summed E-state index contributed by atoms with van der Waals surface area (Å²) in [5, 5.41) is 14.7. The van der Waals surface area contributed by atoms with Gasteiger partial charge in [-0.3, -0.25) is 14.5 Å². The lowest BCUT2D eigenvalue weighted by molar-refractivity contribution is -0.138. The molecule has 0 bridgehead atoms. The average Bonchev–Trinajstić information content (AvgIpc) is 3.23. The van der Waals surface area contributed by atoms with E-state index < -0.39 is 17.6 Å². The number of nitrogens with two attached hydrogens (primary N) is 1. The summed E-state index contributed by atoms with van der Waals surface area (Å²) in [5.41, 5.74) is 12.4. The van der Waals surface area contributed by atoms with E-state index in [0.717, 1.165) is 28.6 Å². The van der Waals surface area contributed by atoms with E-state index >= 15 is 0 Å². The van der Waals surface area contributed by atoms with Gasteiger partial charge in [-0.2, -0.15) is 18.3 Å². The number of halogens is 3. The van der Waals surface area contributed by atoms with Gasteiger partial charge >= 0.3 is 6.18 Å². The van der Waals surface area contributed by atoms with Crippen molar-refractivity contribution < 1.29 is 18.0 Å². The minimum absolute atomic E-state index is 0.0160. The average molecular weight is 545 g/mol. The quantitative estimate of drug-likeness (QED) is 0.186. The minimum atomic E-state index is -4.57. The second-order valence-corrected chi connectivity index (χ2v) is 8.94. The number of nitrogens with one attached hydrogen (secondary N) is 4. The van der Waals surface area contributed by atoms with Crippen LogP contribution in [0.1, 0.15) is 38.3 Å². The number of amides is 1. The number of hydrogen-bond donors (Lipinski definition) is 5. The number of carbonyl (C=O) groups is 1. The first-order valence-electron chi connectivity index (χ1n) is 12.4. The molecule has 9 nitrogen and oxygen atoms in total. The first-order chi connectivity index (χ1) is 18.5. The third-order valence-electron chi connectivity index (χ3n) is 6.33. The Morgan fingerprint density at radius 3 is 2.49 bits per heavy atom. The highest BCUT2D eigenvalue weighted by atomic mass is 19.4. The SMILES string of the molecule is CN/C(=C\N(NC)c1cc(C(=O)Nc2ccc(CNCCN)c(C(F)(F)F)c2)ccc1C)c1cnn(C)c1C. The van der Waals surface area contributed by atoms with Crippen LogP contribution in [0.3, 0.4) is 0 Å². The van der Waals surface area contributed by atoms with Crippen molar-refractivity contribution in [1.82, 2.24) is 25.8 Å². The maximum atomic E-state index is 13.7. The van der Waals surface area contributed by atoms with Crippen molar-refractivity contribution in [2.24, 2.45) is 12.8 Å². The Labute approximate surface area is 226 Å². The largest absolute Gasteiger partial charge is 0.416 e. The molecule has 2 aromatic carbocycles. The van der Waals surface area contributed by atoms with E-state index in [1.165, 1.54) is 12.1 Å². The van der Waals surface area contributed by atoms with Crippen LogP contribution in [-0.4, -0.2) is 42.9 Å². The fourth-order valence-corrected chi connectivity index (χ4v) is 4.03. The maximum absolute atomic E-state index is 13.7. The number of carbonyl (C=O) groups excluding carboxylic acids is 1. The lowest BCUT2D eigenvalue weighted by Crippen LogP contribution is -2.32. The van der Waals surface area contributed by atoms with E-state index in [-0.39, 0.29) is 23.4 Å². The number of rotatable bonds is 11. The van der Waals surface area contributed by atoms with Gasteiger partial charge in [0.2, 0.25) is 0 Å². The van der Waals surface area contributed by atoms with Crippen molar-refractivity contribution in [2.45, 2.75) is 26.6 Å². The van der Waals surface area contributed by atoms with Gasteiger partial charge in [-0.15, -0.1) is 0 Å². The monoisotopic (exact) mass is 544 g/mol. The lowest BCUT2D eigenvalue weighted by atomic mass is 10.0. The molecule has 6 N–H and O–H groups in total. The van der Waals surface area contributed by atoms with Crippen LogP contribution in [0.4, 0.5) is 24.5 Å². The van der Waals surface area contributed by atoms with Crippen LogP contribution in [0.2, 0.25) is 0 Å².